The molecule has 0 saturated heterocycles. The number of halogens is 5. The molecule has 1 aromatic carbocycles. The average molecular weight is 528 g/mol. The highest BCUT2D eigenvalue weighted by atomic mass is 127. The van der Waals surface area contributed by atoms with Gasteiger partial charge in [0.15, 0.2) is 5.96 Å². The molecule has 0 aliphatic rings. The van der Waals surface area contributed by atoms with Gasteiger partial charge in [0.25, 0.3) is 0 Å². The summed E-state index contributed by atoms with van der Waals surface area (Å²) < 4.78 is 58.1. The van der Waals surface area contributed by atoms with Crippen LogP contribution in [0.1, 0.15) is 29.9 Å². The maximum absolute atomic E-state index is 13.2. The lowest BCUT2D eigenvalue weighted by molar-refractivity contribution is -0.138. The van der Waals surface area contributed by atoms with E-state index in [2.05, 4.69) is 15.6 Å². The van der Waals surface area contributed by atoms with Crippen LogP contribution in [0.15, 0.2) is 46.0 Å². The molecule has 5 nitrogen and oxygen atoms in total. The summed E-state index contributed by atoms with van der Waals surface area (Å²) in [5.41, 5.74) is -1.12. The van der Waals surface area contributed by atoms with E-state index in [1.807, 2.05) is 32.0 Å². The zero-order chi connectivity index (χ0) is 20.7. The first-order valence-electron chi connectivity index (χ1n) is 8.80. The number of nitrogens with one attached hydrogen (secondary N) is 2. The molecule has 1 atom stereocenters. The van der Waals surface area contributed by atoms with Crippen LogP contribution < -0.4 is 10.6 Å². The monoisotopic (exact) mass is 528 g/mol. The van der Waals surface area contributed by atoms with Gasteiger partial charge < -0.3 is 15.1 Å². The second kappa shape index (κ2) is 11.4. The van der Waals surface area contributed by atoms with E-state index < -0.39 is 17.6 Å². The van der Waals surface area contributed by atoms with Crippen LogP contribution in [0.2, 0.25) is 0 Å². The highest BCUT2D eigenvalue weighted by molar-refractivity contribution is 14.0. The summed E-state index contributed by atoms with van der Waals surface area (Å²) in [6.45, 7) is 2.58. The molecule has 0 radical (unpaired) electrons. The van der Waals surface area contributed by atoms with E-state index in [4.69, 9.17) is 4.42 Å². The molecule has 1 unspecified atom stereocenters. The number of guanidine groups is 1. The normalized spacial score (nSPS) is 13.2. The fraction of sp³-hybridized carbons (Fsp3) is 0.421. The van der Waals surface area contributed by atoms with Crippen molar-refractivity contribution in [2.75, 3.05) is 27.2 Å². The molecule has 0 aliphatic heterocycles. The lowest BCUT2D eigenvalue weighted by Crippen LogP contribution is -2.41. The molecule has 0 aliphatic carbocycles. The molecule has 0 bridgehead atoms. The van der Waals surface area contributed by atoms with Crippen molar-refractivity contribution >= 4 is 29.9 Å². The molecule has 2 rings (SSSR count). The van der Waals surface area contributed by atoms with Crippen molar-refractivity contribution in [2.24, 2.45) is 4.99 Å². The third-order valence-electron chi connectivity index (χ3n) is 4.09. The van der Waals surface area contributed by atoms with Crippen molar-refractivity contribution in [1.29, 1.82) is 0 Å². The predicted octanol–water partition coefficient (Wildman–Crippen LogP) is 4.41. The number of likely N-dealkylation sites (N-methyl/N-ethyl adjacent to an activating group) is 1. The van der Waals surface area contributed by atoms with Crippen LogP contribution in [0.25, 0.3) is 0 Å². The van der Waals surface area contributed by atoms with E-state index in [1.54, 1.807) is 12.3 Å². The number of hydrogen-bond acceptors (Lipinski definition) is 3. The second-order valence-corrected chi connectivity index (χ2v) is 6.37. The van der Waals surface area contributed by atoms with Crippen molar-refractivity contribution in [3.63, 3.8) is 0 Å². The Morgan fingerprint density at radius 3 is 2.48 bits per heavy atom. The summed E-state index contributed by atoms with van der Waals surface area (Å²) in [7, 11) is 3.79. The lowest BCUT2D eigenvalue weighted by atomic mass is 10.1. The topological polar surface area (TPSA) is 52.8 Å². The Morgan fingerprint density at radius 1 is 1.21 bits per heavy atom. The average Bonchev–Trinajstić information content (AvgIpc) is 3.13. The molecule has 10 heteroatoms. The maximum Gasteiger partial charge on any atom is 0.416 e. The van der Waals surface area contributed by atoms with Crippen molar-refractivity contribution in [3.8, 4) is 0 Å². The Hall–Kier alpha value is -1.82. The Labute approximate surface area is 184 Å². The number of furan rings is 1. The van der Waals surface area contributed by atoms with Crippen LogP contribution in [0.4, 0.5) is 17.6 Å². The quantitative estimate of drug-likeness (QED) is 0.242. The fourth-order valence-corrected chi connectivity index (χ4v) is 2.67. The fourth-order valence-electron chi connectivity index (χ4n) is 2.67. The number of rotatable bonds is 7. The minimum Gasteiger partial charge on any atom is -0.468 e. The lowest BCUT2D eigenvalue weighted by Gasteiger charge is -2.23. The van der Waals surface area contributed by atoms with Crippen LogP contribution in [-0.2, 0) is 12.7 Å². The molecule has 0 spiro atoms. The number of aliphatic imine (C=N–C) groups is 1. The van der Waals surface area contributed by atoms with Gasteiger partial charge in [0.05, 0.1) is 24.4 Å². The number of alkyl halides is 3. The third kappa shape index (κ3) is 7.50. The van der Waals surface area contributed by atoms with Gasteiger partial charge in [-0.05, 0) is 50.8 Å². The largest absolute Gasteiger partial charge is 0.468 e. The van der Waals surface area contributed by atoms with E-state index >= 15 is 0 Å². The molecule has 0 saturated carbocycles. The van der Waals surface area contributed by atoms with E-state index in [0.29, 0.717) is 25.1 Å². The van der Waals surface area contributed by atoms with Crippen LogP contribution in [0.3, 0.4) is 0 Å². The molecular formula is C19H25F4IN4O. The molecule has 0 amide bonds. The molecule has 1 aromatic heterocycles. The van der Waals surface area contributed by atoms with Crippen molar-refractivity contribution < 1.29 is 22.0 Å². The van der Waals surface area contributed by atoms with E-state index in [0.717, 1.165) is 17.9 Å². The Bertz CT molecular complexity index is 779. The highest BCUT2D eigenvalue weighted by Gasteiger charge is 2.33. The Balaban J connectivity index is 0.00000420. The molecule has 2 N–H and O–H groups in total. The summed E-state index contributed by atoms with van der Waals surface area (Å²) in [6.07, 6.45) is -3.06. The van der Waals surface area contributed by atoms with E-state index in [-0.39, 0.29) is 42.1 Å². The van der Waals surface area contributed by atoms with Gasteiger partial charge in [-0.1, -0.05) is 6.07 Å². The van der Waals surface area contributed by atoms with E-state index in [1.165, 1.54) is 0 Å². The predicted molar refractivity (Wildman–Crippen MR) is 115 cm³/mol. The molecule has 162 valence electrons. The van der Waals surface area contributed by atoms with Crippen molar-refractivity contribution in [3.05, 3.63) is 59.3 Å². The van der Waals surface area contributed by atoms with Gasteiger partial charge >= 0.3 is 6.18 Å². The number of hydrogen-bond donors (Lipinski definition) is 2. The molecule has 1 heterocycles. The molecule has 0 fully saturated rings. The summed E-state index contributed by atoms with van der Waals surface area (Å²) in [5.74, 6) is 0.182. The summed E-state index contributed by atoms with van der Waals surface area (Å²) in [6, 6.07) is 6.15. The van der Waals surface area contributed by atoms with Crippen molar-refractivity contribution in [1.82, 2.24) is 15.5 Å². The van der Waals surface area contributed by atoms with Crippen LogP contribution >= 0.6 is 24.0 Å². The first-order chi connectivity index (χ1) is 13.2. The van der Waals surface area contributed by atoms with Gasteiger partial charge in [-0.15, -0.1) is 24.0 Å². The minimum atomic E-state index is -4.64. The summed E-state index contributed by atoms with van der Waals surface area (Å²) >= 11 is 0. The zero-order valence-electron chi connectivity index (χ0n) is 16.4. The van der Waals surface area contributed by atoms with Crippen molar-refractivity contribution in [2.45, 2.75) is 25.7 Å². The summed E-state index contributed by atoms with van der Waals surface area (Å²) in [5, 5.41) is 6.11. The Morgan fingerprint density at radius 2 is 1.93 bits per heavy atom. The summed E-state index contributed by atoms with van der Waals surface area (Å²) in [4.78, 5) is 6.18. The molecule has 2 aromatic rings. The second-order valence-electron chi connectivity index (χ2n) is 6.37. The van der Waals surface area contributed by atoms with Gasteiger partial charge in [0, 0.05) is 13.1 Å². The van der Waals surface area contributed by atoms with Crippen LogP contribution in [-0.4, -0.2) is 38.0 Å². The number of nitrogens with zero attached hydrogens (tertiary/aromatic N) is 2. The third-order valence-corrected chi connectivity index (χ3v) is 4.09. The minimum absolute atomic E-state index is 0. The zero-order valence-corrected chi connectivity index (χ0v) is 18.7. The smallest absolute Gasteiger partial charge is 0.416 e. The van der Waals surface area contributed by atoms with E-state index in [9.17, 15) is 17.6 Å². The van der Waals surface area contributed by atoms with Crippen LogP contribution in [0.5, 0.6) is 0 Å². The van der Waals surface area contributed by atoms with Gasteiger partial charge in [-0.2, -0.15) is 13.2 Å². The highest BCUT2D eigenvalue weighted by Crippen LogP contribution is 2.32. The SMILES string of the molecule is CCNC(=NCc1ccc(F)cc1C(F)(F)F)NCC(c1ccco1)N(C)C.I. The maximum atomic E-state index is 13.2. The van der Waals surface area contributed by atoms with Gasteiger partial charge in [-0.25, -0.2) is 9.38 Å². The molecule has 29 heavy (non-hydrogen) atoms. The first-order valence-corrected chi connectivity index (χ1v) is 8.80. The first kappa shape index (κ1) is 25.2. The standard InChI is InChI=1S/C19H24F4N4O.HI/c1-4-24-18(26-12-16(27(2)3)17-6-5-9-28-17)25-11-13-7-8-14(20)10-15(13)19(21,22)23;/h5-10,16H,4,11-12H2,1-3H3,(H2,24,25,26);1H. The van der Waals surface area contributed by atoms with Gasteiger partial charge in [0.2, 0.25) is 0 Å². The van der Waals surface area contributed by atoms with Gasteiger partial charge in [0.1, 0.15) is 11.6 Å². The van der Waals surface area contributed by atoms with Crippen LogP contribution in [0, 0.1) is 5.82 Å². The molecular weight excluding hydrogens is 503 g/mol. The van der Waals surface area contributed by atoms with Gasteiger partial charge in [-0.3, -0.25) is 4.90 Å². The number of benzene rings is 1. The Kier molecular flexibility index (Phi) is 9.90.